The van der Waals surface area contributed by atoms with Crippen LogP contribution in [0.25, 0.3) is 0 Å². The molecule has 1 fully saturated rings. The maximum absolute atomic E-state index is 9.69. The number of aliphatic hydroxyl groups is 1. The minimum atomic E-state index is -0.617. The van der Waals surface area contributed by atoms with Crippen molar-refractivity contribution in [2.45, 2.75) is 51.5 Å². The lowest BCUT2D eigenvalue weighted by Gasteiger charge is -2.14. The van der Waals surface area contributed by atoms with Gasteiger partial charge in [0, 0.05) is 12.6 Å². The number of hydrogen-bond donors (Lipinski definition) is 2. The van der Waals surface area contributed by atoms with Gasteiger partial charge >= 0.3 is 0 Å². The topological polar surface area (TPSA) is 63.6 Å². The SMILES string of the molecule is CC(C)OCC(O)COc1ccc(CNC2CC2)nc1. The second-order valence-electron chi connectivity index (χ2n) is 5.49. The average Bonchev–Trinajstić information content (AvgIpc) is 3.26. The lowest BCUT2D eigenvalue weighted by molar-refractivity contribution is -0.0123. The van der Waals surface area contributed by atoms with Gasteiger partial charge in [-0.3, -0.25) is 4.98 Å². The second kappa shape index (κ2) is 7.57. The van der Waals surface area contributed by atoms with E-state index in [9.17, 15) is 5.11 Å². The van der Waals surface area contributed by atoms with Crippen LogP contribution in [0, 0.1) is 0 Å². The lowest BCUT2D eigenvalue weighted by atomic mass is 10.3. The van der Waals surface area contributed by atoms with Gasteiger partial charge in [-0.2, -0.15) is 0 Å². The molecule has 1 aliphatic carbocycles. The molecule has 0 spiro atoms. The van der Waals surface area contributed by atoms with Gasteiger partial charge in [-0.25, -0.2) is 0 Å². The summed E-state index contributed by atoms with van der Waals surface area (Å²) in [4.78, 5) is 4.33. The van der Waals surface area contributed by atoms with E-state index in [1.54, 1.807) is 6.20 Å². The van der Waals surface area contributed by atoms with Crippen molar-refractivity contribution >= 4 is 0 Å². The van der Waals surface area contributed by atoms with E-state index in [2.05, 4.69) is 10.3 Å². The lowest BCUT2D eigenvalue weighted by Crippen LogP contribution is -2.25. The standard InChI is InChI=1S/C15H24N2O3/c1-11(2)19-9-14(18)10-20-15-6-5-13(17-8-15)7-16-12-3-4-12/h5-6,8,11-12,14,16,18H,3-4,7,9-10H2,1-2H3. The predicted molar refractivity (Wildman–Crippen MR) is 76.7 cm³/mol. The van der Waals surface area contributed by atoms with Crippen LogP contribution in [0.1, 0.15) is 32.4 Å². The van der Waals surface area contributed by atoms with E-state index in [0.717, 1.165) is 12.2 Å². The number of pyridine rings is 1. The Hall–Kier alpha value is -1.17. The van der Waals surface area contributed by atoms with Crippen LogP contribution < -0.4 is 10.1 Å². The summed E-state index contributed by atoms with van der Waals surface area (Å²) in [6, 6.07) is 4.51. The van der Waals surface area contributed by atoms with E-state index >= 15 is 0 Å². The normalized spacial score (nSPS) is 16.4. The van der Waals surface area contributed by atoms with Crippen molar-refractivity contribution in [3.63, 3.8) is 0 Å². The van der Waals surface area contributed by atoms with Gasteiger partial charge in [0.25, 0.3) is 0 Å². The third-order valence-corrected chi connectivity index (χ3v) is 3.01. The van der Waals surface area contributed by atoms with Gasteiger partial charge in [0.1, 0.15) is 18.5 Å². The fraction of sp³-hybridized carbons (Fsp3) is 0.667. The van der Waals surface area contributed by atoms with Gasteiger partial charge in [0.05, 0.1) is 24.6 Å². The van der Waals surface area contributed by atoms with Crippen LogP contribution in [-0.2, 0) is 11.3 Å². The number of rotatable bonds is 9. The van der Waals surface area contributed by atoms with Crippen LogP contribution in [0.5, 0.6) is 5.75 Å². The summed E-state index contributed by atoms with van der Waals surface area (Å²) in [7, 11) is 0. The quantitative estimate of drug-likeness (QED) is 0.717. The zero-order valence-corrected chi connectivity index (χ0v) is 12.2. The molecule has 0 bridgehead atoms. The van der Waals surface area contributed by atoms with Crippen LogP contribution in [0.15, 0.2) is 18.3 Å². The van der Waals surface area contributed by atoms with Crippen molar-refractivity contribution in [3.05, 3.63) is 24.0 Å². The maximum Gasteiger partial charge on any atom is 0.137 e. The molecule has 1 atom stereocenters. The fourth-order valence-electron chi connectivity index (χ4n) is 1.68. The Morgan fingerprint density at radius 3 is 2.75 bits per heavy atom. The molecule has 1 unspecified atom stereocenters. The zero-order valence-electron chi connectivity index (χ0n) is 12.2. The maximum atomic E-state index is 9.69. The van der Waals surface area contributed by atoms with Gasteiger partial charge in [-0.05, 0) is 38.8 Å². The van der Waals surface area contributed by atoms with Crippen LogP contribution in [0.3, 0.4) is 0 Å². The van der Waals surface area contributed by atoms with E-state index in [1.807, 2.05) is 26.0 Å². The van der Waals surface area contributed by atoms with Gasteiger partial charge in [0.15, 0.2) is 0 Å². The third-order valence-electron chi connectivity index (χ3n) is 3.01. The van der Waals surface area contributed by atoms with E-state index < -0.39 is 6.10 Å². The van der Waals surface area contributed by atoms with Crippen molar-refractivity contribution in [2.75, 3.05) is 13.2 Å². The predicted octanol–water partition coefficient (Wildman–Crippen LogP) is 1.50. The molecule has 20 heavy (non-hydrogen) atoms. The Kier molecular flexibility index (Phi) is 5.76. The summed E-state index contributed by atoms with van der Waals surface area (Å²) < 4.78 is 10.8. The highest BCUT2D eigenvalue weighted by atomic mass is 16.5. The van der Waals surface area contributed by atoms with Crippen LogP contribution in [0.2, 0.25) is 0 Å². The summed E-state index contributed by atoms with van der Waals surface area (Å²) >= 11 is 0. The summed E-state index contributed by atoms with van der Waals surface area (Å²) in [6.45, 7) is 5.18. The minimum Gasteiger partial charge on any atom is -0.489 e. The molecule has 1 saturated carbocycles. The zero-order chi connectivity index (χ0) is 14.4. The number of aromatic nitrogens is 1. The molecule has 1 aliphatic rings. The number of nitrogens with one attached hydrogen (secondary N) is 1. The molecule has 0 radical (unpaired) electrons. The molecule has 0 saturated heterocycles. The summed E-state index contributed by atoms with van der Waals surface area (Å²) in [5.41, 5.74) is 1.01. The van der Waals surface area contributed by atoms with Crippen molar-refractivity contribution in [1.82, 2.24) is 10.3 Å². The van der Waals surface area contributed by atoms with Gasteiger partial charge < -0.3 is 19.9 Å². The first kappa shape index (κ1) is 15.2. The van der Waals surface area contributed by atoms with Gasteiger partial charge in [-0.15, -0.1) is 0 Å². The molecule has 2 N–H and O–H groups in total. The minimum absolute atomic E-state index is 0.115. The van der Waals surface area contributed by atoms with Crippen molar-refractivity contribution in [1.29, 1.82) is 0 Å². The van der Waals surface area contributed by atoms with Gasteiger partial charge in [-0.1, -0.05) is 0 Å². The van der Waals surface area contributed by atoms with E-state index in [1.165, 1.54) is 12.8 Å². The fourth-order valence-corrected chi connectivity index (χ4v) is 1.68. The Morgan fingerprint density at radius 1 is 1.35 bits per heavy atom. The van der Waals surface area contributed by atoms with Crippen molar-refractivity contribution in [2.24, 2.45) is 0 Å². The third kappa shape index (κ3) is 5.86. The highest BCUT2D eigenvalue weighted by Gasteiger charge is 2.20. The van der Waals surface area contributed by atoms with E-state index in [-0.39, 0.29) is 19.3 Å². The smallest absolute Gasteiger partial charge is 0.137 e. The Bertz CT molecular complexity index is 391. The van der Waals surface area contributed by atoms with E-state index in [4.69, 9.17) is 9.47 Å². The Morgan fingerprint density at radius 2 is 2.15 bits per heavy atom. The molecule has 1 aromatic rings. The number of hydrogen-bond acceptors (Lipinski definition) is 5. The number of ether oxygens (including phenoxy) is 2. The molecule has 2 rings (SSSR count). The molecule has 0 amide bonds. The molecule has 0 aliphatic heterocycles. The monoisotopic (exact) mass is 280 g/mol. The van der Waals surface area contributed by atoms with Gasteiger partial charge in [0.2, 0.25) is 0 Å². The van der Waals surface area contributed by atoms with Crippen molar-refractivity contribution in [3.8, 4) is 5.75 Å². The summed E-state index contributed by atoms with van der Waals surface area (Å²) in [5, 5.41) is 13.1. The number of aliphatic hydroxyl groups excluding tert-OH is 1. The molecular weight excluding hydrogens is 256 g/mol. The van der Waals surface area contributed by atoms with Crippen LogP contribution in [-0.4, -0.2) is 41.6 Å². The summed E-state index contributed by atoms with van der Waals surface area (Å²) in [6.07, 6.45) is 3.74. The highest BCUT2D eigenvalue weighted by Crippen LogP contribution is 2.19. The summed E-state index contributed by atoms with van der Waals surface area (Å²) in [5.74, 6) is 0.670. The number of nitrogens with zero attached hydrogens (tertiary/aromatic N) is 1. The molecule has 5 heteroatoms. The average molecular weight is 280 g/mol. The first-order valence-electron chi connectivity index (χ1n) is 7.24. The first-order valence-corrected chi connectivity index (χ1v) is 7.24. The Balaban J connectivity index is 1.67. The second-order valence-corrected chi connectivity index (χ2v) is 5.49. The van der Waals surface area contributed by atoms with Crippen LogP contribution >= 0.6 is 0 Å². The molecule has 1 heterocycles. The molecule has 1 aromatic heterocycles. The molecule has 0 aromatic carbocycles. The Labute approximate surface area is 120 Å². The van der Waals surface area contributed by atoms with Crippen molar-refractivity contribution < 1.29 is 14.6 Å². The largest absolute Gasteiger partial charge is 0.489 e. The molecule has 5 nitrogen and oxygen atoms in total. The van der Waals surface area contributed by atoms with E-state index in [0.29, 0.717) is 11.8 Å². The highest BCUT2D eigenvalue weighted by molar-refractivity contribution is 5.20. The molecular formula is C15H24N2O3. The van der Waals surface area contributed by atoms with Crippen LogP contribution in [0.4, 0.5) is 0 Å². The first-order chi connectivity index (χ1) is 9.63. The molecule has 112 valence electrons.